The second kappa shape index (κ2) is 5.76. The highest BCUT2D eigenvalue weighted by atomic mass is 16.2. The second-order valence-corrected chi connectivity index (χ2v) is 7.10. The summed E-state index contributed by atoms with van der Waals surface area (Å²) in [5.74, 6) is 2.37. The summed E-state index contributed by atoms with van der Waals surface area (Å²) in [5.41, 5.74) is 0.544. The molecule has 0 spiro atoms. The van der Waals surface area contributed by atoms with Crippen LogP contribution in [0.4, 0.5) is 0 Å². The summed E-state index contributed by atoms with van der Waals surface area (Å²) in [5, 5.41) is 0. The van der Waals surface area contributed by atoms with Gasteiger partial charge in [0.25, 0.3) is 5.56 Å². The van der Waals surface area contributed by atoms with Crippen LogP contribution in [-0.2, 0) is 13.1 Å². The van der Waals surface area contributed by atoms with Crippen LogP contribution in [0, 0.1) is 11.8 Å². The van der Waals surface area contributed by atoms with Crippen LogP contribution in [0.1, 0.15) is 51.3 Å². The first-order valence-corrected chi connectivity index (χ1v) is 9.05. The Balaban J connectivity index is 1.90. The van der Waals surface area contributed by atoms with E-state index in [1.807, 2.05) is 13.8 Å². The molecule has 6 nitrogen and oxygen atoms in total. The van der Waals surface area contributed by atoms with Crippen LogP contribution in [0.2, 0.25) is 0 Å². The first-order chi connectivity index (χ1) is 11.6. The van der Waals surface area contributed by atoms with Crippen LogP contribution in [0.15, 0.2) is 21.7 Å². The largest absolute Gasteiger partial charge is 0.336 e. The first kappa shape index (κ1) is 15.4. The number of aryl methyl sites for hydroxylation is 1. The van der Waals surface area contributed by atoms with Crippen molar-refractivity contribution in [3.8, 4) is 0 Å². The summed E-state index contributed by atoms with van der Waals surface area (Å²) in [6.45, 7) is 5.03. The highest BCUT2D eigenvalue weighted by Crippen LogP contribution is 2.48. The molecule has 2 aliphatic rings. The maximum Gasteiger partial charge on any atom is 0.332 e. The van der Waals surface area contributed by atoms with Gasteiger partial charge in [0.15, 0.2) is 5.65 Å². The number of fused-ring (bicyclic) bond motifs is 3. The summed E-state index contributed by atoms with van der Waals surface area (Å²) in [6.07, 6.45) is 8.43. The van der Waals surface area contributed by atoms with E-state index in [1.165, 1.54) is 11.0 Å². The molecule has 3 atom stereocenters. The fourth-order valence-electron chi connectivity index (χ4n) is 4.30. The van der Waals surface area contributed by atoms with Gasteiger partial charge < -0.3 is 4.98 Å². The highest BCUT2D eigenvalue weighted by molar-refractivity contribution is 5.70. The molecule has 0 aromatic carbocycles. The van der Waals surface area contributed by atoms with Gasteiger partial charge in [-0.1, -0.05) is 26.0 Å². The molecule has 1 N–H and O–H groups in total. The van der Waals surface area contributed by atoms with Crippen molar-refractivity contribution in [2.24, 2.45) is 11.8 Å². The summed E-state index contributed by atoms with van der Waals surface area (Å²) in [7, 11) is 0. The van der Waals surface area contributed by atoms with E-state index in [0.717, 1.165) is 25.1 Å². The van der Waals surface area contributed by atoms with Gasteiger partial charge in [-0.3, -0.25) is 13.9 Å². The number of aromatic nitrogens is 4. The van der Waals surface area contributed by atoms with Gasteiger partial charge in [0.2, 0.25) is 0 Å². The van der Waals surface area contributed by atoms with E-state index in [2.05, 4.69) is 17.1 Å². The average Bonchev–Trinajstić information content (AvgIpc) is 3.29. The molecule has 128 valence electrons. The Hall–Kier alpha value is -2.11. The quantitative estimate of drug-likeness (QED) is 0.857. The molecule has 2 aromatic heterocycles. The lowest BCUT2D eigenvalue weighted by Gasteiger charge is -2.14. The number of allylic oxidation sites excluding steroid dienone is 2. The Morgan fingerprint density at radius 2 is 1.88 bits per heavy atom. The van der Waals surface area contributed by atoms with E-state index >= 15 is 0 Å². The summed E-state index contributed by atoms with van der Waals surface area (Å²) < 4.78 is 3.01. The topological polar surface area (TPSA) is 72.7 Å². The predicted molar refractivity (Wildman–Crippen MR) is 93.3 cm³/mol. The molecule has 2 aliphatic carbocycles. The van der Waals surface area contributed by atoms with E-state index in [0.29, 0.717) is 42.0 Å². The van der Waals surface area contributed by atoms with Crippen molar-refractivity contribution in [1.29, 1.82) is 0 Å². The molecule has 2 bridgehead atoms. The van der Waals surface area contributed by atoms with Crippen molar-refractivity contribution < 1.29 is 0 Å². The second-order valence-electron chi connectivity index (χ2n) is 7.10. The zero-order valence-electron chi connectivity index (χ0n) is 14.3. The number of hydrogen-bond acceptors (Lipinski definition) is 3. The van der Waals surface area contributed by atoms with Gasteiger partial charge in [0, 0.05) is 19.0 Å². The van der Waals surface area contributed by atoms with Crippen LogP contribution in [0.3, 0.4) is 0 Å². The summed E-state index contributed by atoms with van der Waals surface area (Å²) in [6, 6.07) is 0. The Morgan fingerprint density at radius 1 is 1.12 bits per heavy atom. The predicted octanol–water partition coefficient (Wildman–Crippen LogP) is 2.39. The lowest BCUT2D eigenvalue weighted by molar-refractivity contribution is 0.552. The van der Waals surface area contributed by atoms with Crippen molar-refractivity contribution >= 4 is 11.2 Å². The lowest BCUT2D eigenvalue weighted by atomic mass is 9.93. The monoisotopic (exact) mass is 328 g/mol. The molecule has 2 unspecified atom stereocenters. The van der Waals surface area contributed by atoms with Gasteiger partial charge in [0.1, 0.15) is 11.3 Å². The van der Waals surface area contributed by atoms with Crippen LogP contribution in [0.25, 0.3) is 11.2 Å². The van der Waals surface area contributed by atoms with Gasteiger partial charge in [-0.15, -0.1) is 0 Å². The molecule has 0 radical (unpaired) electrons. The normalized spacial score (nSPS) is 25.2. The van der Waals surface area contributed by atoms with Gasteiger partial charge >= 0.3 is 5.69 Å². The van der Waals surface area contributed by atoms with Crippen LogP contribution < -0.4 is 11.2 Å². The number of rotatable bonds is 5. The first-order valence-electron chi connectivity index (χ1n) is 9.05. The summed E-state index contributed by atoms with van der Waals surface area (Å²) >= 11 is 0. The van der Waals surface area contributed by atoms with E-state index < -0.39 is 0 Å². The zero-order valence-corrected chi connectivity index (χ0v) is 14.3. The standard InChI is InChI=1S/C18H24N4O2/c1-3-7-21-16-14(17(23)22(8-4-2)18(21)24)19-15(20-16)13-10-11-5-6-12(13)9-11/h5-6,11-13H,3-4,7-10H2,1-2H3,(H,19,20)/t11?,12?,13-/m1/s1. The molecule has 2 heterocycles. The molecule has 6 heteroatoms. The molecular formula is C18H24N4O2. The molecule has 0 amide bonds. The number of imidazole rings is 1. The van der Waals surface area contributed by atoms with Gasteiger partial charge in [-0.2, -0.15) is 0 Å². The van der Waals surface area contributed by atoms with Crippen molar-refractivity contribution in [2.75, 3.05) is 0 Å². The van der Waals surface area contributed by atoms with Crippen LogP contribution >= 0.6 is 0 Å². The Morgan fingerprint density at radius 3 is 2.50 bits per heavy atom. The molecule has 24 heavy (non-hydrogen) atoms. The van der Waals surface area contributed by atoms with E-state index in [4.69, 9.17) is 4.98 Å². The smallest absolute Gasteiger partial charge is 0.332 e. The van der Waals surface area contributed by atoms with E-state index in [-0.39, 0.29) is 11.2 Å². The highest BCUT2D eigenvalue weighted by Gasteiger charge is 2.38. The number of aromatic amines is 1. The molecule has 1 saturated carbocycles. The maximum atomic E-state index is 12.7. The number of H-pyrrole nitrogens is 1. The molecule has 0 saturated heterocycles. The molecule has 0 aliphatic heterocycles. The number of nitrogens with zero attached hydrogens (tertiary/aromatic N) is 3. The SMILES string of the molecule is CCCn1c(=O)c2[nH]c([C@@H]3CC4C=CC3C4)nc2n(CCC)c1=O. The third-order valence-electron chi connectivity index (χ3n) is 5.40. The van der Waals surface area contributed by atoms with Crippen molar-refractivity contribution in [2.45, 2.75) is 58.5 Å². The fraction of sp³-hybridized carbons (Fsp3) is 0.611. The third kappa shape index (κ3) is 2.19. The zero-order chi connectivity index (χ0) is 16.8. The molecule has 4 rings (SSSR count). The molecule has 2 aromatic rings. The van der Waals surface area contributed by atoms with E-state index in [1.54, 1.807) is 4.57 Å². The van der Waals surface area contributed by atoms with Crippen molar-refractivity contribution in [1.82, 2.24) is 19.1 Å². The Labute approximate surface area is 140 Å². The number of nitrogens with one attached hydrogen (secondary N) is 1. The van der Waals surface area contributed by atoms with Gasteiger partial charge in [-0.25, -0.2) is 9.78 Å². The average molecular weight is 328 g/mol. The minimum Gasteiger partial charge on any atom is -0.336 e. The van der Waals surface area contributed by atoms with Crippen molar-refractivity contribution in [3.63, 3.8) is 0 Å². The minimum absolute atomic E-state index is 0.234. The minimum atomic E-state index is -0.235. The molecule has 1 fully saturated rings. The third-order valence-corrected chi connectivity index (χ3v) is 5.40. The van der Waals surface area contributed by atoms with Gasteiger partial charge in [0.05, 0.1) is 0 Å². The van der Waals surface area contributed by atoms with E-state index in [9.17, 15) is 9.59 Å². The lowest BCUT2D eigenvalue weighted by Crippen LogP contribution is -2.40. The molecular weight excluding hydrogens is 304 g/mol. The van der Waals surface area contributed by atoms with Crippen LogP contribution in [-0.4, -0.2) is 19.1 Å². The van der Waals surface area contributed by atoms with Gasteiger partial charge in [-0.05, 0) is 37.5 Å². The fourth-order valence-corrected chi connectivity index (χ4v) is 4.30. The number of hydrogen-bond donors (Lipinski definition) is 1. The Bertz CT molecular complexity index is 917. The Kier molecular flexibility index (Phi) is 3.70. The summed E-state index contributed by atoms with van der Waals surface area (Å²) in [4.78, 5) is 33.4. The maximum absolute atomic E-state index is 12.7. The van der Waals surface area contributed by atoms with Crippen LogP contribution in [0.5, 0.6) is 0 Å². The van der Waals surface area contributed by atoms with Crippen molar-refractivity contribution in [3.05, 3.63) is 38.8 Å².